The number of sulfonamides is 1. The van der Waals surface area contributed by atoms with Crippen LogP contribution in [0.3, 0.4) is 0 Å². The summed E-state index contributed by atoms with van der Waals surface area (Å²) in [6.07, 6.45) is 0.940. The van der Waals surface area contributed by atoms with Crippen LogP contribution >= 0.6 is 0 Å². The lowest BCUT2D eigenvalue weighted by Crippen LogP contribution is -2.37. The minimum atomic E-state index is -3.27. The van der Waals surface area contributed by atoms with Gasteiger partial charge in [-0.15, -0.1) is 0 Å². The molecule has 0 aromatic carbocycles. The van der Waals surface area contributed by atoms with E-state index >= 15 is 0 Å². The van der Waals surface area contributed by atoms with Crippen molar-refractivity contribution in [1.29, 1.82) is 0 Å². The van der Waals surface area contributed by atoms with Crippen LogP contribution in [-0.4, -0.2) is 42.8 Å². The van der Waals surface area contributed by atoms with E-state index in [1.165, 1.54) is 4.31 Å². The number of hydrogen-bond acceptors (Lipinski definition) is 3. The molecule has 1 fully saturated rings. The Bertz CT molecular complexity index is 300. The van der Waals surface area contributed by atoms with Gasteiger partial charge in [0.05, 0.1) is 11.9 Å². The van der Waals surface area contributed by atoms with E-state index in [4.69, 9.17) is 5.11 Å². The number of aliphatic hydroxyl groups is 1. The molecule has 2 unspecified atom stereocenters. The molecule has 0 aromatic heterocycles. The molecule has 0 saturated carbocycles. The van der Waals surface area contributed by atoms with E-state index in [-0.39, 0.29) is 6.61 Å². The Hall–Kier alpha value is -0.130. The molecule has 90 valence electrons. The second-order valence-electron chi connectivity index (χ2n) is 4.69. The maximum atomic E-state index is 11.9. The van der Waals surface area contributed by atoms with Gasteiger partial charge in [0, 0.05) is 13.1 Å². The molecule has 1 aliphatic rings. The SMILES string of the molecule is CC(C)C1CCN(S(=O)(=O)C(C)CO)C1. The van der Waals surface area contributed by atoms with Crippen molar-refractivity contribution < 1.29 is 13.5 Å². The van der Waals surface area contributed by atoms with E-state index < -0.39 is 15.3 Å². The molecule has 0 bridgehead atoms. The van der Waals surface area contributed by atoms with Crippen molar-refractivity contribution in [3.63, 3.8) is 0 Å². The van der Waals surface area contributed by atoms with E-state index in [2.05, 4.69) is 13.8 Å². The molecule has 1 N–H and O–H groups in total. The molecule has 1 rings (SSSR count). The van der Waals surface area contributed by atoms with Crippen molar-refractivity contribution in [3.8, 4) is 0 Å². The maximum Gasteiger partial charge on any atom is 0.218 e. The zero-order valence-electron chi connectivity index (χ0n) is 9.68. The van der Waals surface area contributed by atoms with Crippen LogP contribution in [0.15, 0.2) is 0 Å². The van der Waals surface area contributed by atoms with Gasteiger partial charge in [-0.05, 0) is 25.2 Å². The lowest BCUT2D eigenvalue weighted by Gasteiger charge is -2.21. The van der Waals surface area contributed by atoms with Gasteiger partial charge >= 0.3 is 0 Å². The van der Waals surface area contributed by atoms with E-state index in [1.807, 2.05) is 0 Å². The van der Waals surface area contributed by atoms with Crippen LogP contribution in [0.1, 0.15) is 27.2 Å². The van der Waals surface area contributed by atoms with E-state index in [9.17, 15) is 8.42 Å². The van der Waals surface area contributed by atoms with Crippen molar-refractivity contribution in [2.45, 2.75) is 32.4 Å². The van der Waals surface area contributed by atoms with Gasteiger partial charge in [0.25, 0.3) is 0 Å². The number of hydrogen-bond donors (Lipinski definition) is 1. The Morgan fingerprint density at radius 3 is 2.40 bits per heavy atom. The molecule has 1 aliphatic heterocycles. The predicted molar refractivity (Wildman–Crippen MR) is 60.0 cm³/mol. The lowest BCUT2D eigenvalue weighted by atomic mass is 9.96. The van der Waals surface area contributed by atoms with Crippen molar-refractivity contribution in [1.82, 2.24) is 4.31 Å². The van der Waals surface area contributed by atoms with Gasteiger partial charge in [0.2, 0.25) is 10.0 Å². The van der Waals surface area contributed by atoms with Gasteiger partial charge in [0.1, 0.15) is 0 Å². The first-order chi connectivity index (χ1) is 6.89. The van der Waals surface area contributed by atoms with Gasteiger partial charge in [-0.2, -0.15) is 0 Å². The zero-order valence-corrected chi connectivity index (χ0v) is 10.5. The number of nitrogens with zero attached hydrogens (tertiary/aromatic N) is 1. The van der Waals surface area contributed by atoms with Crippen LogP contribution < -0.4 is 0 Å². The molecule has 0 radical (unpaired) electrons. The minimum absolute atomic E-state index is 0.300. The fourth-order valence-corrected chi connectivity index (χ4v) is 3.33. The molecule has 1 heterocycles. The van der Waals surface area contributed by atoms with Crippen molar-refractivity contribution >= 4 is 10.0 Å². The monoisotopic (exact) mass is 235 g/mol. The van der Waals surface area contributed by atoms with Crippen LogP contribution in [0.25, 0.3) is 0 Å². The minimum Gasteiger partial charge on any atom is -0.395 e. The highest BCUT2D eigenvalue weighted by atomic mass is 32.2. The number of aliphatic hydroxyl groups excluding tert-OH is 1. The average Bonchev–Trinajstić information content (AvgIpc) is 2.65. The fourth-order valence-electron chi connectivity index (χ4n) is 1.88. The highest BCUT2D eigenvalue weighted by Gasteiger charge is 2.35. The van der Waals surface area contributed by atoms with Crippen molar-refractivity contribution in [2.24, 2.45) is 11.8 Å². The van der Waals surface area contributed by atoms with Crippen molar-refractivity contribution in [2.75, 3.05) is 19.7 Å². The average molecular weight is 235 g/mol. The topological polar surface area (TPSA) is 57.6 Å². The molecule has 5 heteroatoms. The molecule has 0 aromatic rings. The Morgan fingerprint density at radius 2 is 2.00 bits per heavy atom. The van der Waals surface area contributed by atoms with Gasteiger partial charge in [0.15, 0.2) is 0 Å². The largest absolute Gasteiger partial charge is 0.395 e. The molecule has 15 heavy (non-hydrogen) atoms. The molecular weight excluding hydrogens is 214 g/mol. The summed E-state index contributed by atoms with van der Waals surface area (Å²) in [5.74, 6) is 0.986. The first kappa shape index (κ1) is 12.9. The molecule has 0 amide bonds. The van der Waals surface area contributed by atoms with Crippen LogP contribution in [-0.2, 0) is 10.0 Å². The summed E-state index contributed by atoms with van der Waals surface area (Å²) >= 11 is 0. The first-order valence-electron chi connectivity index (χ1n) is 5.49. The zero-order chi connectivity index (χ0) is 11.6. The Morgan fingerprint density at radius 1 is 1.40 bits per heavy atom. The summed E-state index contributed by atoms with van der Waals surface area (Å²) in [6, 6.07) is 0. The molecule has 4 nitrogen and oxygen atoms in total. The smallest absolute Gasteiger partial charge is 0.218 e. The highest BCUT2D eigenvalue weighted by molar-refractivity contribution is 7.89. The van der Waals surface area contributed by atoms with Gasteiger partial charge < -0.3 is 5.11 Å². The quantitative estimate of drug-likeness (QED) is 0.779. The summed E-state index contributed by atoms with van der Waals surface area (Å²) in [7, 11) is -3.27. The normalized spacial score (nSPS) is 26.1. The molecule has 0 aliphatic carbocycles. The van der Waals surface area contributed by atoms with Gasteiger partial charge in [-0.1, -0.05) is 13.8 Å². The maximum absolute atomic E-state index is 11.9. The van der Waals surface area contributed by atoms with Crippen molar-refractivity contribution in [3.05, 3.63) is 0 Å². The second kappa shape index (κ2) is 4.80. The lowest BCUT2D eigenvalue weighted by molar-refractivity contribution is 0.290. The molecule has 2 atom stereocenters. The molecule has 1 saturated heterocycles. The summed E-state index contributed by atoms with van der Waals surface area (Å²) in [5, 5.41) is 8.22. The third-order valence-electron chi connectivity index (χ3n) is 3.26. The fraction of sp³-hybridized carbons (Fsp3) is 1.00. The summed E-state index contributed by atoms with van der Waals surface area (Å²) < 4.78 is 25.3. The first-order valence-corrected chi connectivity index (χ1v) is 6.99. The van der Waals surface area contributed by atoms with Crippen LogP contribution in [0.5, 0.6) is 0 Å². The molecule has 0 spiro atoms. The Labute approximate surface area is 92.3 Å². The van der Waals surface area contributed by atoms with E-state index in [0.717, 1.165) is 6.42 Å². The van der Waals surface area contributed by atoms with Gasteiger partial charge in [-0.25, -0.2) is 12.7 Å². The molecular formula is C10H21NO3S. The van der Waals surface area contributed by atoms with E-state index in [0.29, 0.717) is 24.9 Å². The summed E-state index contributed by atoms with van der Waals surface area (Å²) in [5.41, 5.74) is 0. The van der Waals surface area contributed by atoms with Crippen LogP contribution in [0, 0.1) is 11.8 Å². The highest BCUT2D eigenvalue weighted by Crippen LogP contribution is 2.26. The van der Waals surface area contributed by atoms with Crippen LogP contribution in [0.4, 0.5) is 0 Å². The predicted octanol–water partition coefficient (Wildman–Crippen LogP) is 0.675. The third-order valence-corrected chi connectivity index (χ3v) is 5.47. The second-order valence-corrected chi connectivity index (χ2v) is 7.04. The van der Waals surface area contributed by atoms with E-state index in [1.54, 1.807) is 6.92 Å². The Kier molecular flexibility index (Phi) is 4.14. The summed E-state index contributed by atoms with van der Waals surface area (Å²) in [4.78, 5) is 0. The number of rotatable bonds is 4. The third kappa shape index (κ3) is 2.71. The standard InChI is InChI=1S/C10H21NO3S/c1-8(2)10-4-5-11(6-10)15(13,14)9(3)7-12/h8-10,12H,4-7H2,1-3H3. The summed E-state index contributed by atoms with van der Waals surface area (Å²) in [6.45, 7) is 6.72. The van der Waals surface area contributed by atoms with Crippen LogP contribution in [0.2, 0.25) is 0 Å². The Balaban J connectivity index is 2.68. The van der Waals surface area contributed by atoms with Gasteiger partial charge in [-0.3, -0.25) is 0 Å².